The molecule has 0 aliphatic carbocycles. The summed E-state index contributed by atoms with van der Waals surface area (Å²) in [6, 6.07) is 7.46. The first-order valence-electron chi connectivity index (χ1n) is 8.93. The van der Waals surface area contributed by atoms with Crippen molar-refractivity contribution in [2.75, 3.05) is 23.8 Å². The van der Waals surface area contributed by atoms with Crippen LogP contribution >= 0.6 is 0 Å². The molecule has 1 aliphatic rings. The maximum atomic E-state index is 12.8. The number of amides is 3. The Morgan fingerprint density at radius 3 is 2.63 bits per heavy atom. The second-order valence-electron chi connectivity index (χ2n) is 6.41. The molecule has 0 saturated carbocycles. The van der Waals surface area contributed by atoms with Crippen molar-refractivity contribution in [2.24, 2.45) is 0 Å². The molecule has 142 valence electrons. The van der Waals surface area contributed by atoms with Crippen molar-refractivity contribution < 1.29 is 14.4 Å². The molecule has 0 spiro atoms. The van der Waals surface area contributed by atoms with Crippen LogP contribution in [0.3, 0.4) is 0 Å². The summed E-state index contributed by atoms with van der Waals surface area (Å²) in [6.45, 7) is 3.96. The third kappa shape index (κ3) is 3.55. The maximum Gasteiger partial charge on any atom is 0.327 e. The summed E-state index contributed by atoms with van der Waals surface area (Å²) in [4.78, 5) is 42.6. The number of imidazole rings is 1. The fraction of sp³-hybridized carbons (Fsp3) is 0.368. The quantitative estimate of drug-likeness (QED) is 0.842. The molecule has 1 aromatic heterocycles. The van der Waals surface area contributed by atoms with E-state index in [2.05, 4.69) is 15.6 Å². The molecule has 2 heterocycles. The molecule has 0 saturated heterocycles. The van der Waals surface area contributed by atoms with E-state index in [9.17, 15) is 14.4 Å². The average molecular weight is 369 g/mol. The first-order valence-corrected chi connectivity index (χ1v) is 8.93. The van der Waals surface area contributed by atoms with Crippen molar-refractivity contribution in [1.29, 1.82) is 0 Å². The number of rotatable bonds is 5. The normalized spacial score (nSPS) is 12.6. The molecule has 0 radical (unpaired) electrons. The lowest BCUT2D eigenvalue weighted by atomic mass is 10.2. The van der Waals surface area contributed by atoms with Crippen molar-refractivity contribution in [2.45, 2.75) is 33.2 Å². The lowest BCUT2D eigenvalue weighted by Gasteiger charge is -2.18. The van der Waals surface area contributed by atoms with Crippen LogP contribution in [0.15, 0.2) is 24.3 Å². The third-order valence-electron chi connectivity index (χ3n) is 4.58. The SMILES string of the molecule is CCc1c(NC(=O)N2CCc3ccccc32)nc(C(=O)NC)n1CC(C)=O. The van der Waals surface area contributed by atoms with E-state index in [4.69, 9.17) is 0 Å². The molecular weight excluding hydrogens is 346 g/mol. The molecule has 1 aromatic carbocycles. The Morgan fingerprint density at radius 1 is 1.22 bits per heavy atom. The minimum absolute atomic E-state index is 0.0291. The third-order valence-corrected chi connectivity index (χ3v) is 4.58. The molecule has 1 aliphatic heterocycles. The number of nitrogens with zero attached hydrogens (tertiary/aromatic N) is 3. The van der Waals surface area contributed by atoms with Crippen LogP contribution in [0.5, 0.6) is 0 Å². The zero-order valence-electron chi connectivity index (χ0n) is 15.7. The largest absolute Gasteiger partial charge is 0.352 e. The number of Topliss-reactive ketones (excluding diaryl/α,β-unsaturated/α-hetero) is 1. The van der Waals surface area contributed by atoms with Gasteiger partial charge in [0.1, 0.15) is 5.78 Å². The van der Waals surface area contributed by atoms with Gasteiger partial charge in [-0.05, 0) is 31.4 Å². The number of anilines is 2. The zero-order chi connectivity index (χ0) is 19.6. The van der Waals surface area contributed by atoms with Gasteiger partial charge in [-0.25, -0.2) is 9.78 Å². The fourth-order valence-corrected chi connectivity index (χ4v) is 3.34. The summed E-state index contributed by atoms with van der Waals surface area (Å²) in [5.74, 6) is -0.0787. The number of fused-ring (bicyclic) bond motifs is 1. The number of hydrogen-bond donors (Lipinski definition) is 2. The van der Waals surface area contributed by atoms with Gasteiger partial charge in [0.2, 0.25) is 5.82 Å². The second-order valence-corrected chi connectivity index (χ2v) is 6.41. The molecule has 8 nitrogen and oxygen atoms in total. The van der Waals surface area contributed by atoms with E-state index in [1.165, 1.54) is 14.0 Å². The van der Waals surface area contributed by atoms with Gasteiger partial charge in [0, 0.05) is 19.3 Å². The molecule has 0 unspecified atom stereocenters. The van der Waals surface area contributed by atoms with Crippen molar-refractivity contribution in [3.8, 4) is 0 Å². The molecule has 8 heteroatoms. The zero-order valence-corrected chi connectivity index (χ0v) is 15.7. The summed E-state index contributed by atoms with van der Waals surface area (Å²) in [7, 11) is 1.50. The highest BCUT2D eigenvalue weighted by molar-refractivity contribution is 6.03. The molecule has 2 aromatic rings. The van der Waals surface area contributed by atoms with Gasteiger partial charge in [-0.15, -0.1) is 0 Å². The number of benzene rings is 1. The second kappa shape index (κ2) is 7.61. The van der Waals surface area contributed by atoms with Crippen molar-refractivity contribution in [1.82, 2.24) is 14.9 Å². The molecule has 0 atom stereocenters. The summed E-state index contributed by atoms with van der Waals surface area (Å²) in [5.41, 5.74) is 2.64. The van der Waals surface area contributed by atoms with Crippen LogP contribution in [0.1, 0.15) is 35.7 Å². The van der Waals surface area contributed by atoms with Crippen LogP contribution in [-0.2, 0) is 24.2 Å². The highest BCUT2D eigenvalue weighted by Gasteiger charge is 2.27. The molecule has 27 heavy (non-hydrogen) atoms. The number of carbonyl (C=O) groups excluding carboxylic acids is 3. The highest BCUT2D eigenvalue weighted by Crippen LogP contribution is 2.28. The van der Waals surface area contributed by atoms with Crippen LogP contribution in [0.4, 0.5) is 16.3 Å². The lowest BCUT2D eigenvalue weighted by Crippen LogP contribution is -2.33. The van der Waals surface area contributed by atoms with Gasteiger partial charge in [0.15, 0.2) is 5.82 Å². The number of aromatic nitrogens is 2. The topological polar surface area (TPSA) is 96.3 Å². The van der Waals surface area contributed by atoms with E-state index in [-0.39, 0.29) is 24.2 Å². The Morgan fingerprint density at radius 2 is 1.96 bits per heavy atom. The Labute approximate surface area is 157 Å². The van der Waals surface area contributed by atoms with E-state index in [0.29, 0.717) is 24.5 Å². The first-order chi connectivity index (χ1) is 13.0. The van der Waals surface area contributed by atoms with E-state index in [1.807, 2.05) is 31.2 Å². The molecular formula is C19H23N5O3. The number of carbonyl (C=O) groups is 3. The van der Waals surface area contributed by atoms with E-state index >= 15 is 0 Å². The van der Waals surface area contributed by atoms with Crippen LogP contribution in [0.25, 0.3) is 0 Å². The van der Waals surface area contributed by atoms with Crippen molar-refractivity contribution >= 4 is 29.2 Å². The summed E-state index contributed by atoms with van der Waals surface area (Å²) in [5, 5.41) is 5.35. The summed E-state index contributed by atoms with van der Waals surface area (Å²) in [6.07, 6.45) is 1.32. The molecule has 2 N–H and O–H groups in total. The van der Waals surface area contributed by atoms with Crippen LogP contribution in [-0.4, -0.2) is 40.9 Å². The van der Waals surface area contributed by atoms with Crippen LogP contribution in [0.2, 0.25) is 0 Å². The van der Waals surface area contributed by atoms with Gasteiger partial charge in [-0.2, -0.15) is 0 Å². The molecule has 0 fully saturated rings. The summed E-state index contributed by atoms with van der Waals surface area (Å²) >= 11 is 0. The first kappa shape index (κ1) is 18.6. The van der Waals surface area contributed by atoms with Crippen molar-refractivity contribution in [3.05, 3.63) is 41.3 Å². The number of nitrogens with one attached hydrogen (secondary N) is 2. The van der Waals surface area contributed by atoms with Gasteiger partial charge in [0.25, 0.3) is 5.91 Å². The number of urea groups is 1. The van der Waals surface area contributed by atoms with Crippen LogP contribution in [0, 0.1) is 0 Å². The average Bonchev–Trinajstić information content (AvgIpc) is 3.22. The minimum Gasteiger partial charge on any atom is -0.352 e. The fourth-order valence-electron chi connectivity index (χ4n) is 3.34. The monoisotopic (exact) mass is 369 g/mol. The number of para-hydroxylation sites is 1. The van der Waals surface area contributed by atoms with Gasteiger partial charge in [-0.3, -0.25) is 19.8 Å². The van der Waals surface area contributed by atoms with Gasteiger partial charge < -0.3 is 9.88 Å². The van der Waals surface area contributed by atoms with Gasteiger partial charge >= 0.3 is 6.03 Å². The highest BCUT2D eigenvalue weighted by atomic mass is 16.2. The Bertz CT molecular complexity index is 903. The van der Waals surface area contributed by atoms with E-state index in [1.54, 1.807) is 9.47 Å². The Balaban J connectivity index is 1.92. The number of hydrogen-bond acceptors (Lipinski definition) is 4. The van der Waals surface area contributed by atoms with Gasteiger partial charge in [-0.1, -0.05) is 25.1 Å². The predicted molar refractivity (Wildman–Crippen MR) is 102 cm³/mol. The standard InChI is InChI=1S/C19H23N5O3/c1-4-14-16(21-17(18(26)20-3)24(14)11-12(2)25)22-19(27)23-10-9-13-7-5-6-8-15(13)23/h5-8H,4,9-11H2,1-3H3,(H,20,26)(H,22,27). The van der Waals surface area contributed by atoms with Crippen LogP contribution < -0.4 is 15.5 Å². The molecule has 3 rings (SSSR count). The maximum absolute atomic E-state index is 12.8. The summed E-state index contributed by atoms with van der Waals surface area (Å²) < 4.78 is 1.56. The Kier molecular flexibility index (Phi) is 5.25. The Hall–Kier alpha value is -3.16. The molecule has 0 bridgehead atoms. The molecule has 3 amide bonds. The lowest BCUT2D eigenvalue weighted by molar-refractivity contribution is -0.117. The van der Waals surface area contributed by atoms with Crippen molar-refractivity contribution in [3.63, 3.8) is 0 Å². The number of ketones is 1. The smallest absolute Gasteiger partial charge is 0.327 e. The van der Waals surface area contributed by atoms with E-state index < -0.39 is 5.91 Å². The van der Waals surface area contributed by atoms with Gasteiger partial charge in [0.05, 0.1) is 12.2 Å². The minimum atomic E-state index is -0.405. The predicted octanol–water partition coefficient (Wildman–Crippen LogP) is 1.99. The van der Waals surface area contributed by atoms with E-state index in [0.717, 1.165) is 17.7 Å².